The van der Waals surface area contributed by atoms with Crippen molar-refractivity contribution in [3.8, 4) is 5.75 Å². The Bertz CT molecular complexity index is 729. The van der Waals surface area contributed by atoms with E-state index < -0.39 is 0 Å². The van der Waals surface area contributed by atoms with E-state index in [0.29, 0.717) is 13.2 Å². The summed E-state index contributed by atoms with van der Waals surface area (Å²) in [7, 11) is 0. The van der Waals surface area contributed by atoms with Crippen LogP contribution in [0.15, 0.2) is 51.4 Å². The highest BCUT2D eigenvalue weighted by atomic mass is 32.2. The van der Waals surface area contributed by atoms with Gasteiger partial charge in [0.05, 0.1) is 19.4 Å². The van der Waals surface area contributed by atoms with E-state index >= 15 is 0 Å². The Balaban J connectivity index is 1.55. The fraction of sp³-hybridized carbons (Fsp3) is 0.250. The maximum Gasteiger partial charge on any atom is 0.206 e. The molecule has 2 aromatic heterocycles. The molecule has 2 heterocycles. The van der Waals surface area contributed by atoms with Crippen LogP contribution in [0.5, 0.6) is 5.75 Å². The van der Waals surface area contributed by atoms with Gasteiger partial charge in [0.15, 0.2) is 4.34 Å². The molecule has 1 N–H and O–H groups in total. The molecule has 0 fully saturated rings. The molecule has 0 amide bonds. The van der Waals surface area contributed by atoms with Gasteiger partial charge in [-0.3, -0.25) is 0 Å². The number of nitrogens with one attached hydrogen (secondary N) is 1. The minimum Gasteiger partial charge on any atom is -0.494 e. The number of aromatic nitrogens is 2. The molecule has 1 aromatic carbocycles. The molecule has 3 rings (SSSR count). The number of furan rings is 1. The molecule has 0 spiro atoms. The molecular formula is C16H17N3O2S2. The SMILES string of the molecule is CCOc1ccccc1CSc1nnc(NCc2ccco2)s1. The fourth-order valence-corrected chi connectivity index (χ4v) is 3.71. The molecule has 23 heavy (non-hydrogen) atoms. The number of para-hydroxylation sites is 1. The van der Waals surface area contributed by atoms with Gasteiger partial charge >= 0.3 is 0 Å². The number of anilines is 1. The van der Waals surface area contributed by atoms with Crippen molar-refractivity contribution in [3.05, 3.63) is 54.0 Å². The second-order valence-electron chi connectivity index (χ2n) is 4.64. The summed E-state index contributed by atoms with van der Waals surface area (Å²) in [6.45, 7) is 3.27. The van der Waals surface area contributed by atoms with Crippen molar-refractivity contribution in [3.63, 3.8) is 0 Å². The maximum atomic E-state index is 5.64. The highest BCUT2D eigenvalue weighted by Gasteiger charge is 2.08. The van der Waals surface area contributed by atoms with Crippen LogP contribution in [0.4, 0.5) is 5.13 Å². The molecule has 120 valence electrons. The molecule has 0 saturated heterocycles. The summed E-state index contributed by atoms with van der Waals surface area (Å²) < 4.78 is 11.8. The topological polar surface area (TPSA) is 60.2 Å². The normalized spacial score (nSPS) is 10.7. The van der Waals surface area contributed by atoms with Crippen molar-refractivity contribution in [1.82, 2.24) is 10.2 Å². The molecule has 3 aromatic rings. The summed E-state index contributed by atoms with van der Waals surface area (Å²) in [5, 5.41) is 12.4. The zero-order valence-corrected chi connectivity index (χ0v) is 14.3. The molecule has 0 atom stereocenters. The van der Waals surface area contributed by atoms with E-state index in [2.05, 4.69) is 21.6 Å². The van der Waals surface area contributed by atoms with Crippen molar-refractivity contribution >= 4 is 28.2 Å². The number of hydrogen-bond acceptors (Lipinski definition) is 7. The lowest BCUT2D eigenvalue weighted by molar-refractivity contribution is 0.337. The Morgan fingerprint density at radius 3 is 2.96 bits per heavy atom. The van der Waals surface area contributed by atoms with Crippen molar-refractivity contribution in [2.45, 2.75) is 23.6 Å². The Morgan fingerprint density at radius 1 is 1.22 bits per heavy atom. The van der Waals surface area contributed by atoms with Crippen molar-refractivity contribution in [2.75, 3.05) is 11.9 Å². The number of thioether (sulfide) groups is 1. The fourth-order valence-electron chi connectivity index (χ4n) is 1.97. The average molecular weight is 347 g/mol. The highest BCUT2D eigenvalue weighted by Crippen LogP contribution is 2.31. The molecule has 0 saturated carbocycles. The van der Waals surface area contributed by atoms with Crippen LogP contribution in [0.3, 0.4) is 0 Å². The van der Waals surface area contributed by atoms with E-state index in [1.165, 1.54) is 5.56 Å². The molecular weight excluding hydrogens is 330 g/mol. The molecule has 0 aliphatic carbocycles. The second-order valence-corrected chi connectivity index (χ2v) is 6.84. The summed E-state index contributed by atoms with van der Waals surface area (Å²) >= 11 is 3.20. The van der Waals surface area contributed by atoms with Gasteiger partial charge < -0.3 is 14.5 Å². The van der Waals surface area contributed by atoms with E-state index in [1.54, 1.807) is 29.4 Å². The molecule has 7 heteroatoms. The van der Waals surface area contributed by atoms with Crippen molar-refractivity contribution in [1.29, 1.82) is 0 Å². The predicted octanol–water partition coefficient (Wildman–Crippen LogP) is 4.43. The number of nitrogens with zero attached hydrogens (tertiary/aromatic N) is 2. The summed E-state index contributed by atoms with van der Waals surface area (Å²) in [4.78, 5) is 0. The van der Waals surface area contributed by atoms with Gasteiger partial charge in [-0.25, -0.2) is 0 Å². The zero-order chi connectivity index (χ0) is 15.9. The van der Waals surface area contributed by atoms with Crippen LogP contribution in [0.1, 0.15) is 18.2 Å². The van der Waals surface area contributed by atoms with Crippen molar-refractivity contribution < 1.29 is 9.15 Å². The van der Waals surface area contributed by atoms with Gasteiger partial charge in [-0.15, -0.1) is 10.2 Å². The smallest absolute Gasteiger partial charge is 0.206 e. The standard InChI is InChI=1S/C16H17N3O2S2/c1-2-20-14-8-4-3-6-12(14)11-22-16-19-18-15(23-16)17-10-13-7-5-9-21-13/h3-9H,2,10-11H2,1H3,(H,17,18). The zero-order valence-electron chi connectivity index (χ0n) is 12.7. The van der Waals surface area contributed by atoms with Crippen LogP contribution in [-0.4, -0.2) is 16.8 Å². The van der Waals surface area contributed by atoms with Gasteiger partial charge in [-0.05, 0) is 25.1 Å². The quantitative estimate of drug-likeness (QED) is 0.608. The van der Waals surface area contributed by atoms with Gasteiger partial charge in [-0.1, -0.05) is 41.3 Å². The molecule has 0 radical (unpaired) electrons. The van der Waals surface area contributed by atoms with Gasteiger partial charge in [-0.2, -0.15) is 0 Å². The van der Waals surface area contributed by atoms with Crippen LogP contribution in [0.2, 0.25) is 0 Å². The molecule has 0 bridgehead atoms. The third-order valence-corrected chi connectivity index (χ3v) is 5.09. The van der Waals surface area contributed by atoms with E-state index in [1.807, 2.05) is 37.3 Å². The first-order chi connectivity index (χ1) is 11.3. The van der Waals surface area contributed by atoms with Gasteiger partial charge in [0.1, 0.15) is 11.5 Å². The van der Waals surface area contributed by atoms with Crippen molar-refractivity contribution in [2.24, 2.45) is 0 Å². The largest absolute Gasteiger partial charge is 0.494 e. The third kappa shape index (κ3) is 4.49. The number of rotatable bonds is 8. The molecule has 0 unspecified atom stereocenters. The minimum atomic E-state index is 0.611. The predicted molar refractivity (Wildman–Crippen MR) is 93.1 cm³/mol. The van der Waals surface area contributed by atoms with Crippen LogP contribution in [0.25, 0.3) is 0 Å². The van der Waals surface area contributed by atoms with Gasteiger partial charge in [0.25, 0.3) is 0 Å². The molecule has 0 aliphatic heterocycles. The van der Waals surface area contributed by atoms with E-state index in [9.17, 15) is 0 Å². The first kappa shape index (κ1) is 15.9. The number of benzene rings is 1. The first-order valence-corrected chi connectivity index (χ1v) is 9.08. The lowest BCUT2D eigenvalue weighted by Gasteiger charge is -2.08. The highest BCUT2D eigenvalue weighted by molar-refractivity contribution is 8.00. The van der Waals surface area contributed by atoms with E-state index in [4.69, 9.17) is 9.15 Å². The Labute approximate surface area is 143 Å². The summed E-state index contributed by atoms with van der Waals surface area (Å²) in [5.41, 5.74) is 1.17. The summed E-state index contributed by atoms with van der Waals surface area (Å²) in [5.74, 6) is 2.62. The van der Waals surface area contributed by atoms with E-state index in [0.717, 1.165) is 26.7 Å². The Hall–Kier alpha value is -1.99. The molecule has 5 nitrogen and oxygen atoms in total. The monoisotopic (exact) mass is 347 g/mol. The van der Waals surface area contributed by atoms with E-state index in [-0.39, 0.29) is 0 Å². The second kappa shape index (κ2) is 8.03. The third-order valence-electron chi connectivity index (χ3n) is 3.02. The molecule has 0 aliphatic rings. The van der Waals surface area contributed by atoms with Gasteiger partial charge in [0.2, 0.25) is 5.13 Å². The lowest BCUT2D eigenvalue weighted by Crippen LogP contribution is -1.96. The minimum absolute atomic E-state index is 0.611. The first-order valence-electron chi connectivity index (χ1n) is 7.28. The lowest BCUT2D eigenvalue weighted by atomic mass is 10.2. The summed E-state index contributed by atoms with van der Waals surface area (Å²) in [6, 6.07) is 11.9. The van der Waals surface area contributed by atoms with Crippen LogP contribution >= 0.6 is 23.1 Å². The average Bonchev–Trinajstić information content (AvgIpc) is 3.24. The Kier molecular flexibility index (Phi) is 5.55. The van der Waals surface area contributed by atoms with Crippen LogP contribution in [0, 0.1) is 0 Å². The van der Waals surface area contributed by atoms with Crippen LogP contribution in [-0.2, 0) is 12.3 Å². The maximum absolute atomic E-state index is 5.64. The number of ether oxygens (including phenoxy) is 1. The Morgan fingerprint density at radius 2 is 2.13 bits per heavy atom. The van der Waals surface area contributed by atoms with Crippen LogP contribution < -0.4 is 10.1 Å². The summed E-state index contributed by atoms with van der Waals surface area (Å²) in [6.07, 6.45) is 1.66. The van der Waals surface area contributed by atoms with Gasteiger partial charge in [0, 0.05) is 11.3 Å². The number of hydrogen-bond donors (Lipinski definition) is 1.